The number of hydrogen-bond acceptors (Lipinski definition) is 4. The van der Waals surface area contributed by atoms with Gasteiger partial charge < -0.3 is 4.74 Å². The lowest BCUT2D eigenvalue weighted by atomic mass is 9.71. The minimum atomic E-state index is -1.04. The van der Waals surface area contributed by atoms with Gasteiger partial charge in [-0.1, -0.05) is 6.07 Å². The van der Waals surface area contributed by atoms with E-state index in [2.05, 4.69) is 4.99 Å². The van der Waals surface area contributed by atoms with E-state index in [1.54, 1.807) is 13.8 Å². The van der Waals surface area contributed by atoms with E-state index < -0.39 is 29.4 Å². The molecular formula is C19H19F2NO3. The zero-order valence-electron chi connectivity index (χ0n) is 14.1. The molecular weight excluding hydrogens is 328 g/mol. The number of esters is 1. The van der Waals surface area contributed by atoms with Crippen LogP contribution in [0.25, 0.3) is 0 Å². The summed E-state index contributed by atoms with van der Waals surface area (Å²) < 4.78 is 34.1. The number of Topliss-reactive ketones (excluding diaryl/α,β-unsaturated/α-hetero) is 1. The van der Waals surface area contributed by atoms with Crippen molar-refractivity contribution in [3.05, 3.63) is 46.7 Å². The first-order valence-electron chi connectivity index (χ1n) is 8.37. The average Bonchev–Trinajstić information content (AvgIpc) is 2.54. The number of rotatable bonds is 3. The Kier molecular flexibility index (Phi) is 4.79. The molecule has 6 heteroatoms. The predicted octanol–water partition coefficient (Wildman–Crippen LogP) is 3.71. The average molecular weight is 347 g/mol. The normalized spacial score (nSPS) is 23.2. The van der Waals surface area contributed by atoms with Crippen LogP contribution in [0.15, 0.2) is 34.5 Å². The van der Waals surface area contributed by atoms with Crippen LogP contribution < -0.4 is 0 Å². The first-order valence-corrected chi connectivity index (χ1v) is 8.37. The lowest BCUT2D eigenvalue weighted by molar-refractivity contribution is -0.146. The largest absolute Gasteiger partial charge is 0.465 e. The first kappa shape index (κ1) is 17.5. The highest BCUT2D eigenvalue weighted by atomic mass is 19.1. The molecule has 0 bridgehead atoms. The highest BCUT2D eigenvalue weighted by Crippen LogP contribution is 2.44. The molecule has 2 atom stereocenters. The van der Waals surface area contributed by atoms with E-state index in [9.17, 15) is 18.4 Å². The third kappa shape index (κ3) is 3.01. The molecule has 3 rings (SSSR count). The van der Waals surface area contributed by atoms with Crippen LogP contribution in [0.3, 0.4) is 0 Å². The van der Waals surface area contributed by atoms with Gasteiger partial charge in [0.15, 0.2) is 5.78 Å². The van der Waals surface area contributed by atoms with Crippen molar-refractivity contribution in [2.45, 2.75) is 39.0 Å². The SMILES string of the molecule is CCOC(=O)C1C(C)=NC2=C(C(=O)CCC2)C1c1c(F)cccc1F. The molecule has 0 fully saturated rings. The quantitative estimate of drug-likeness (QED) is 0.783. The number of aliphatic imine (C=N–C) groups is 1. The summed E-state index contributed by atoms with van der Waals surface area (Å²) in [6.45, 7) is 3.42. The number of ketones is 1. The van der Waals surface area contributed by atoms with Crippen LogP contribution in [0.5, 0.6) is 0 Å². The summed E-state index contributed by atoms with van der Waals surface area (Å²) >= 11 is 0. The second-order valence-electron chi connectivity index (χ2n) is 6.23. The van der Waals surface area contributed by atoms with Crippen LogP contribution in [0.2, 0.25) is 0 Å². The Bertz CT molecular complexity index is 778. The molecule has 2 unspecified atom stereocenters. The Labute approximate surface area is 144 Å². The molecule has 1 aliphatic carbocycles. The van der Waals surface area contributed by atoms with Crippen LogP contribution in [0, 0.1) is 17.6 Å². The van der Waals surface area contributed by atoms with Crippen LogP contribution in [-0.2, 0) is 14.3 Å². The molecule has 1 aliphatic heterocycles. The topological polar surface area (TPSA) is 55.7 Å². The summed E-state index contributed by atoms with van der Waals surface area (Å²) in [6.07, 6.45) is 1.49. The van der Waals surface area contributed by atoms with Crippen molar-refractivity contribution >= 4 is 17.5 Å². The first-order chi connectivity index (χ1) is 12.0. The van der Waals surface area contributed by atoms with Crippen LogP contribution in [0.1, 0.15) is 44.6 Å². The Balaban J connectivity index is 2.23. The van der Waals surface area contributed by atoms with Gasteiger partial charge >= 0.3 is 5.97 Å². The summed E-state index contributed by atoms with van der Waals surface area (Å²) in [6, 6.07) is 3.53. The minimum absolute atomic E-state index is 0.134. The summed E-state index contributed by atoms with van der Waals surface area (Å²) in [5.74, 6) is -4.44. The molecule has 0 saturated heterocycles. The number of halogens is 2. The lowest BCUT2D eigenvalue weighted by Crippen LogP contribution is -2.38. The van der Waals surface area contributed by atoms with E-state index >= 15 is 0 Å². The maximum Gasteiger partial charge on any atom is 0.315 e. The number of allylic oxidation sites excluding steroid dienone is 2. The van der Waals surface area contributed by atoms with Crippen molar-refractivity contribution in [1.29, 1.82) is 0 Å². The molecule has 0 radical (unpaired) electrons. The lowest BCUT2D eigenvalue weighted by Gasteiger charge is -2.34. The number of benzene rings is 1. The molecule has 0 N–H and O–H groups in total. The van der Waals surface area contributed by atoms with Crippen molar-refractivity contribution in [2.24, 2.45) is 10.9 Å². The fourth-order valence-corrected chi connectivity index (χ4v) is 3.66. The van der Waals surface area contributed by atoms with E-state index in [0.29, 0.717) is 24.3 Å². The maximum absolute atomic E-state index is 14.5. The van der Waals surface area contributed by atoms with E-state index in [1.165, 1.54) is 6.07 Å². The smallest absolute Gasteiger partial charge is 0.315 e. The van der Waals surface area contributed by atoms with Gasteiger partial charge in [0.05, 0.1) is 6.61 Å². The molecule has 2 aliphatic rings. The maximum atomic E-state index is 14.5. The van der Waals surface area contributed by atoms with E-state index in [-0.39, 0.29) is 29.9 Å². The van der Waals surface area contributed by atoms with Crippen molar-refractivity contribution in [1.82, 2.24) is 0 Å². The minimum Gasteiger partial charge on any atom is -0.465 e. The number of nitrogens with zero attached hydrogens (tertiary/aromatic N) is 1. The van der Waals surface area contributed by atoms with Crippen molar-refractivity contribution in [3.8, 4) is 0 Å². The predicted molar refractivity (Wildman–Crippen MR) is 88.2 cm³/mol. The fourth-order valence-electron chi connectivity index (χ4n) is 3.66. The molecule has 1 heterocycles. The molecule has 132 valence electrons. The third-order valence-electron chi connectivity index (χ3n) is 4.69. The van der Waals surface area contributed by atoms with Gasteiger partial charge in [0.1, 0.15) is 17.6 Å². The van der Waals surface area contributed by atoms with Gasteiger partial charge in [-0.25, -0.2) is 8.78 Å². The molecule has 0 saturated carbocycles. The summed E-state index contributed by atoms with van der Waals surface area (Å²) in [4.78, 5) is 29.5. The van der Waals surface area contributed by atoms with Gasteiger partial charge in [0.2, 0.25) is 0 Å². The number of carbonyl (C=O) groups is 2. The van der Waals surface area contributed by atoms with Crippen molar-refractivity contribution < 1.29 is 23.1 Å². The Hall–Kier alpha value is -2.37. The highest BCUT2D eigenvalue weighted by Gasteiger charge is 2.45. The van der Waals surface area contributed by atoms with E-state index in [1.807, 2.05) is 0 Å². The van der Waals surface area contributed by atoms with E-state index in [0.717, 1.165) is 12.1 Å². The molecule has 1 aromatic rings. The van der Waals surface area contributed by atoms with Crippen LogP contribution >= 0.6 is 0 Å². The zero-order valence-corrected chi connectivity index (χ0v) is 14.1. The molecule has 1 aromatic carbocycles. The Morgan fingerprint density at radius 2 is 1.96 bits per heavy atom. The van der Waals surface area contributed by atoms with Gasteiger partial charge in [-0.2, -0.15) is 0 Å². The number of hydrogen-bond donors (Lipinski definition) is 0. The highest BCUT2D eigenvalue weighted by molar-refractivity contribution is 6.08. The monoisotopic (exact) mass is 347 g/mol. The van der Waals surface area contributed by atoms with E-state index in [4.69, 9.17) is 4.74 Å². The number of carbonyl (C=O) groups excluding carboxylic acids is 2. The van der Waals surface area contributed by atoms with Crippen LogP contribution in [0.4, 0.5) is 8.78 Å². The molecule has 0 spiro atoms. The Morgan fingerprint density at radius 3 is 2.60 bits per heavy atom. The van der Waals surface area contributed by atoms with Crippen LogP contribution in [-0.4, -0.2) is 24.1 Å². The molecule has 25 heavy (non-hydrogen) atoms. The standard InChI is InChI=1S/C19H19F2NO3/c1-3-25-19(24)15-10(2)22-13-8-5-9-14(23)17(13)18(15)16-11(20)6-4-7-12(16)21/h4,6-7,15,18H,3,5,8-9H2,1-2H3. The number of ether oxygens (including phenoxy) is 1. The zero-order chi connectivity index (χ0) is 18.1. The van der Waals surface area contributed by atoms with Gasteiger partial charge in [0, 0.05) is 34.9 Å². The molecule has 0 aromatic heterocycles. The molecule has 0 amide bonds. The summed E-state index contributed by atoms with van der Waals surface area (Å²) in [5.41, 5.74) is 0.929. The Morgan fingerprint density at radius 1 is 1.28 bits per heavy atom. The second-order valence-corrected chi connectivity index (χ2v) is 6.23. The van der Waals surface area contributed by atoms with Gasteiger partial charge in [0.25, 0.3) is 0 Å². The van der Waals surface area contributed by atoms with Crippen molar-refractivity contribution in [3.63, 3.8) is 0 Å². The van der Waals surface area contributed by atoms with Gasteiger partial charge in [-0.3, -0.25) is 14.6 Å². The van der Waals surface area contributed by atoms with Crippen molar-refractivity contribution in [2.75, 3.05) is 6.61 Å². The van der Waals surface area contributed by atoms with Gasteiger partial charge in [-0.05, 0) is 38.8 Å². The second kappa shape index (κ2) is 6.86. The fraction of sp³-hybridized carbons (Fsp3) is 0.421. The summed E-state index contributed by atoms with van der Waals surface area (Å²) in [5, 5.41) is 0. The third-order valence-corrected chi connectivity index (χ3v) is 4.69. The molecule has 4 nitrogen and oxygen atoms in total. The summed E-state index contributed by atoms with van der Waals surface area (Å²) in [7, 11) is 0. The van der Waals surface area contributed by atoms with Gasteiger partial charge in [-0.15, -0.1) is 0 Å².